The first-order valence-electron chi connectivity index (χ1n) is 8.53. The van der Waals surface area contributed by atoms with Gasteiger partial charge in [0.2, 0.25) is 10.0 Å². The Hall–Kier alpha value is -2.26. The summed E-state index contributed by atoms with van der Waals surface area (Å²) in [6.07, 6.45) is 0. The van der Waals surface area contributed by atoms with Crippen LogP contribution in [0.4, 0.5) is 0 Å². The van der Waals surface area contributed by atoms with Crippen molar-refractivity contribution in [1.82, 2.24) is 9.79 Å². The molecule has 1 fully saturated rings. The molecule has 1 atom stereocenters. The molecule has 0 bridgehead atoms. The summed E-state index contributed by atoms with van der Waals surface area (Å²) < 4.78 is 36.3. The highest BCUT2D eigenvalue weighted by Gasteiger charge is 2.48. The lowest BCUT2D eigenvalue weighted by Gasteiger charge is -2.43. The summed E-state index contributed by atoms with van der Waals surface area (Å²) in [4.78, 5) is 23.1. The van der Waals surface area contributed by atoms with Gasteiger partial charge in [0, 0.05) is 23.0 Å². The van der Waals surface area contributed by atoms with Gasteiger partial charge in [0.05, 0.1) is 12.0 Å². The van der Waals surface area contributed by atoms with E-state index in [0.29, 0.717) is 11.5 Å². The third-order valence-corrected chi connectivity index (χ3v) is 7.44. The molecule has 1 unspecified atom stereocenters. The molecule has 1 heterocycles. The minimum atomic E-state index is -3.99. The molecule has 2 N–H and O–H groups in total. The molecular formula is C18H22N2O7S2. The molecule has 1 aromatic carbocycles. The summed E-state index contributed by atoms with van der Waals surface area (Å²) in [5, 5.41) is 9.08. The number of ether oxygens (including phenoxy) is 2. The standard InChI is InChI=1S/C18H22N2O7S2/c1-18(2)16(17(22)19-23)20(10-12-28-18)29(24,25)14-8-6-13(7-9-14)27-11-4-5-15(21)26-3/h6-9,16,23H,10-12H2,1-3H3,(H,19,22). The van der Waals surface area contributed by atoms with Gasteiger partial charge >= 0.3 is 5.97 Å². The van der Waals surface area contributed by atoms with E-state index in [1.54, 1.807) is 19.3 Å². The lowest BCUT2D eigenvalue weighted by atomic mass is 10.0. The van der Waals surface area contributed by atoms with Crippen LogP contribution < -0.4 is 10.2 Å². The molecular weight excluding hydrogens is 420 g/mol. The molecule has 1 aromatic rings. The molecule has 0 spiro atoms. The summed E-state index contributed by atoms with van der Waals surface area (Å²) in [5.41, 5.74) is 1.57. The minimum absolute atomic E-state index is 0.0102. The number of methoxy groups -OCH3 is 1. The minimum Gasteiger partial charge on any atom is -0.481 e. The van der Waals surface area contributed by atoms with E-state index in [4.69, 9.17) is 9.94 Å². The summed E-state index contributed by atoms with van der Waals surface area (Å²) in [7, 11) is -2.77. The molecule has 158 valence electrons. The molecule has 9 nitrogen and oxygen atoms in total. The molecule has 0 aromatic heterocycles. The number of thioether (sulfide) groups is 1. The fraction of sp³-hybridized carbons (Fsp3) is 0.444. The third-order valence-electron chi connectivity index (χ3n) is 4.21. The average Bonchev–Trinajstić information content (AvgIpc) is 2.69. The number of nitrogens with zero attached hydrogens (tertiary/aromatic N) is 1. The van der Waals surface area contributed by atoms with Gasteiger partial charge in [0.1, 0.15) is 18.4 Å². The van der Waals surface area contributed by atoms with Crippen molar-refractivity contribution in [3.63, 3.8) is 0 Å². The van der Waals surface area contributed by atoms with Crippen LogP contribution in [-0.2, 0) is 24.3 Å². The maximum Gasteiger partial charge on any atom is 0.384 e. The fourth-order valence-electron chi connectivity index (χ4n) is 2.84. The van der Waals surface area contributed by atoms with Crippen LogP contribution in [0.15, 0.2) is 29.2 Å². The first-order chi connectivity index (χ1) is 13.6. The fourth-order valence-corrected chi connectivity index (χ4v) is 5.95. The van der Waals surface area contributed by atoms with E-state index in [2.05, 4.69) is 16.6 Å². The zero-order valence-electron chi connectivity index (χ0n) is 16.2. The number of rotatable bonds is 5. The summed E-state index contributed by atoms with van der Waals surface area (Å²) in [5.74, 6) is 4.10. The van der Waals surface area contributed by atoms with Crippen LogP contribution in [0, 0.1) is 11.8 Å². The van der Waals surface area contributed by atoms with Crippen LogP contribution in [0.1, 0.15) is 13.8 Å². The second-order valence-electron chi connectivity index (χ2n) is 6.50. The molecule has 0 saturated carbocycles. The van der Waals surface area contributed by atoms with E-state index in [1.165, 1.54) is 43.1 Å². The first kappa shape index (κ1) is 23.0. The Kier molecular flexibility index (Phi) is 7.54. The largest absolute Gasteiger partial charge is 0.481 e. The van der Waals surface area contributed by atoms with Crippen LogP contribution in [0.2, 0.25) is 0 Å². The molecule has 0 radical (unpaired) electrons. The average molecular weight is 443 g/mol. The maximum atomic E-state index is 13.1. The maximum absolute atomic E-state index is 13.1. The van der Waals surface area contributed by atoms with Crippen molar-refractivity contribution in [2.24, 2.45) is 0 Å². The highest BCUT2D eigenvalue weighted by molar-refractivity contribution is 8.00. The Labute approximate surface area is 173 Å². The predicted octanol–water partition coefficient (Wildman–Crippen LogP) is 0.632. The number of hydrogen-bond acceptors (Lipinski definition) is 8. The smallest absolute Gasteiger partial charge is 0.384 e. The van der Waals surface area contributed by atoms with Crippen LogP contribution in [0.3, 0.4) is 0 Å². The number of hydroxylamine groups is 1. The quantitative estimate of drug-likeness (QED) is 0.224. The van der Waals surface area contributed by atoms with E-state index in [9.17, 15) is 18.0 Å². The molecule has 11 heteroatoms. The van der Waals surface area contributed by atoms with Crippen molar-refractivity contribution in [2.75, 3.05) is 26.0 Å². The van der Waals surface area contributed by atoms with E-state index < -0.39 is 32.7 Å². The number of benzene rings is 1. The lowest BCUT2D eigenvalue weighted by Crippen LogP contribution is -2.61. The Balaban J connectivity index is 2.20. The van der Waals surface area contributed by atoms with Crippen molar-refractivity contribution >= 4 is 33.7 Å². The Morgan fingerprint density at radius 1 is 1.34 bits per heavy atom. The second kappa shape index (κ2) is 9.49. The van der Waals surface area contributed by atoms with Crippen molar-refractivity contribution < 1.29 is 32.7 Å². The second-order valence-corrected chi connectivity index (χ2v) is 10.1. The number of carbonyl (C=O) groups is 2. The van der Waals surface area contributed by atoms with Crippen LogP contribution in [0.5, 0.6) is 5.75 Å². The van der Waals surface area contributed by atoms with Gasteiger partial charge in [-0.3, -0.25) is 10.0 Å². The number of esters is 1. The van der Waals surface area contributed by atoms with Crippen LogP contribution in [0.25, 0.3) is 0 Å². The van der Waals surface area contributed by atoms with Crippen molar-refractivity contribution in [3.05, 3.63) is 24.3 Å². The Morgan fingerprint density at radius 3 is 2.59 bits per heavy atom. The summed E-state index contributed by atoms with van der Waals surface area (Å²) >= 11 is 1.46. The topological polar surface area (TPSA) is 122 Å². The molecule has 1 aliphatic rings. The van der Waals surface area contributed by atoms with Crippen LogP contribution in [-0.4, -0.2) is 66.6 Å². The molecule has 2 rings (SSSR count). The lowest BCUT2D eigenvalue weighted by molar-refractivity contribution is -0.134. The molecule has 0 aliphatic carbocycles. The number of sulfonamides is 1. The monoisotopic (exact) mass is 442 g/mol. The Bertz CT molecular complexity index is 918. The van der Waals surface area contributed by atoms with Crippen LogP contribution >= 0.6 is 11.8 Å². The van der Waals surface area contributed by atoms with E-state index in [-0.39, 0.29) is 18.0 Å². The van der Waals surface area contributed by atoms with E-state index in [0.717, 1.165) is 4.31 Å². The van der Waals surface area contributed by atoms with Crippen molar-refractivity contribution in [2.45, 2.75) is 29.5 Å². The normalized spacial score (nSPS) is 18.8. The molecule has 1 saturated heterocycles. The van der Waals surface area contributed by atoms with Gasteiger partial charge in [-0.1, -0.05) is 0 Å². The van der Waals surface area contributed by atoms with Gasteiger partial charge in [0.15, 0.2) is 0 Å². The highest BCUT2D eigenvalue weighted by atomic mass is 32.2. The van der Waals surface area contributed by atoms with Crippen molar-refractivity contribution in [1.29, 1.82) is 0 Å². The summed E-state index contributed by atoms with van der Waals surface area (Å²) in [6, 6.07) is 4.57. The molecule has 29 heavy (non-hydrogen) atoms. The van der Waals surface area contributed by atoms with Gasteiger partial charge in [-0.2, -0.15) is 16.1 Å². The Morgan fingerprint density at radius 2 is 2.00 bits per heavy atom. The highest BCUT2D eigenvalue weighted by Crippen LogP contribution is 2.38. The number of hydrogen-bond donors (Lipinski definition) is 2. The number of carbonyl (C=O) groups excluding carboxylic acids is 2. The molecule has 1 amide bonds. The molecule has 1 aliphatic heterocycles. The number of amides is 1. The van der Waals surface area contributed by atoms with Gasteiger partial charge in [-0.25, -0.2) is 18.7 Å². The zero-order valence-corrected chi connectivity index (χ0v) is 17.8. The van der Waals surface area contributed by atoms with E-state index in [1.807, 2.05) is 0 Å². The van der Waals surface area contributed by atoms with Gasteiger partial charge < -0.3 is 9.47 Å². The van der Waals surface area contributed by atoms with Gasteiger partial charge in [-0.05, 0) is 44.0 Å². The first-order valence-corrected chi connectivity index (χ1v) is 11.0. The van der Waals surface area contributed by atoms with Gasteiger partial charge in [-0.15, -0.1) is 0 Å². The van der Waals surface area contributed by atoms with Crippen molar-refractivity contribution in [3.8, 4) is 17.6 Å². The predicted molar refractivity (Wildman–Crippen MR) is 106 cm³/mol. The van der Waals surface area contributed by atoms with Gasteiger partial charge in [0.25, 0.3) is 5.91 Å². The summed E-state index contributed by atoms with van der Waals surface area (Å²) in [6.45, 7) is 3.57. The SMILES string of the molecule is COC(=O)C#CCOc1ccc(S(=O)(=O)N2CCSC(C)(C)C2C(=O)NO)cc1. The zero-order chi connectivity index (χ0) is 21.7. The van der Waals surface area contributed by atoms with E-state index >= 15 is 0 Å². The number of nitrogens with one attached hydrogen (secondary N) is 1. The third kappa shape index (κ3) is 5.42.